The number of amides is 1. The molecular formula is C22H39N5O2. The van der Waals surface area contributed by atoms with Crippen molar-refractivity contribution in [2.75, 3.05) is 40.3 Å². The van der Waals surface area contributed by atoms with E-state index in [2.05, 4.69) is 46.5 Å². The molecule has 0 spiro atoms. The van der Waals surface area contributed by atoms with Crippen LogP contribution in [0.25, 0.3) is 0 Å². The molecule has 1 amide bonds. The molecule has 0 aliphatic heterocycles. The van der Waals surface area contributed by atoms with Gasteiger partial charge in [-0.05, 0) is 45.0 Å². The van der Waals surface area contributed by atoms with Crippen molar-refractivity contribution >= 4 is 12.1 Å². The zero-order chi connectivity index (χ0) is 21.9. The maximum absolute atomic E-state index is 12.1. The highest BCUT2D eigenvalue weighted by Crippen LogP contribution is 2.12. The summed E-state index contributed by atoms with van der Waals surface area (Å²) in [4.78, 5) is 20.3. The molecule has 7 nitrogen and oxygen atoms in total. The Morgan fingerprint density at radius 1 is 1.07 bits per heavy atom. The molecule has 0 aliphatic rings. The number of carbonyl (C=O) groups is 1. The second-order valence-corrected chi connectivity index (χ2v) is 8.03. The van der Waals surface area contributed by atoms with Crippen LogP contribution in [-0.4, -0.2) is 67.7 Å². The summed E-state index contributed by atoms with van der Waals surface area (Å²) in [5.41, 5.74) is 1.72. The number of benzene rings is 1. The first-order valence-electron chi connectivity index (χ1n) is 10.4. The number of hydrogen-bond acceptors (Lipinski definition) is 4. The van der Waals surface area contributed by atoms with Gasteiger partial charge in [0.2, 0.25) is 0 Å². The van der Waals surface area contributed by atoms with Gasteiger partial charge in [0.05, 0.1) is 0 Å². The number of carbonyl (C=O) groups excluding carboxylic acids is 1. The van der Waals surface area contributed by atoms with Gasteiger partial charge in [-0.1, -0.05) is 38.1 Å². The van der Waals surface area contributed by atoms with Crippen molar-refractivity contribution in [2.24, 2.45) is 4.99 Å². The zero-order valence-electron chi connectivity index (χ0n) is 19.2. The van der Waals surface area contributed by atoms with E-state index in [1.165, 1.54) is 0 Å². The minimum Gasteiger partial charge on any atom is -0.444 e. The predicted octanol–water partition coefficient (Wildman–Crippen LogP) is 3.06. The van der Waals surface area contributed by atoms with Crippen LogP contribution in [0.15, 0.2) is 29.3 Å². The quantitative estimate of drug-likeness (QED) is 0.488. The number of aliphatic imine (C=N–C) groups is 1. The van der Waals surface area contributed by atoms with Gasteiger partial charge in [0.1, 0.15) is 5.60 Å². The van der Waals surface area contributed by atoms with Gasteiger partial charge in [-0.3, -0.25) is 4.99 Å². The lowest BCUT2D eigenvalue weighted by Gasteiger charge is -2.24. The highest BCUT2D eigenvalue weighted by molar-refractivity contribution is 5.79. The number of rotatable bonds is 9. The van der Waals surface area contributed by atoms with Crippen LogP contribution in [0.5, 0.6) is 0 Å². The van der Waals surface area contributed by atoms with Crippen molar-refractivity contribution in [1.29, 1.82) is 0 Å². The van der Waals surface area contributed by atoms with E-state index in [1.807, 2.05) is 32.9 Å². The van der Waals surface area contributed by atoms with E-state index in [4.69, 9.17) is 4.74 Å². The Bertz CT molecular complexity index is 634. The molecule has 1 rings (SSSR count). The summed E-state index contributed by atoms with van der Waals surface area (Å²) < 4.78 is 5.39. The first-order chi connectivity index (χ1) is 13.7. The van der Waals surface area contributed by atoms with E-state index in [0.717, 1.165) is 43.3 Å². The van der Waals surface area contributed by atoms with Gasteiger partial charge in [0.15, 0.2) is 5.96 Å². The van der Waals surface area contributed by atoms with Crippen LogP contribution in [0.3, 0.4) is 0 Å². The smallest absolute Gasteiger partial charge is 0.410 e. The lowest BCUT2D eigenvalue weighted by molar-refractivity contribution is 0.0285. The molecule has 2 N–H and O–H groups in total. The lowest BCUT2D eigenvalue weighted by Crippen LogP contribution is -2.41. The van der Waals surface area contributed by atoms with Crippen LogP contribution in [0.4, 0.5) is 4.79 Å². The number of ether oxygens (including phenoxy) is 1. The summed E-state index contributed by atoms with van der Waals surface area (Å²) in [7, 11) is 3.53. The summed E-state index contributed by atoms with van der Waals surface area (Å²) in [6.45, 7) is 15.1. The average Bonchev–Trinajstić information content (AvgIpc) is 2.67. The molecule has 0 aromatic heterocycles. The fraction of sp³-hybridized carbons (Fsp3) is 0.636. The third kappa shape index (κ3) is 10.2. The average molecular weight is 406 g/mol. The van der Waals surface area contributed by atoms with Crippen molar-refractivity contribution in [2.45, 2.75) is 53.3 Å². The number of nitrogens with one attached hydrogen (secondary N) is 2. The fourth-order valence-electron chi connectivity index (χ4n) is 2.72. The van der Waals surface area contributed by atoms with Crippen LogP contribution < -0.4 is 10.6 Å². The summed E-state index contributed by atoms with van der Waals surface area (Å²) >= 11 is 0. The molecule has 0 atom stereocenters. The Kier molecular flexibility index (Phi) is 10.5. The molecule has 0 saturated heterocycles. The maximum Gasteiger partial charge on any atom is 0.410 e. The third-order valence-electron chi connectivity index (χ3n) is 4.45. The first-order valence-corrected chi connectivity index (χ1v) is 10.4. The van der Waals surface area contributed by atoms with Crippen molar-refractivity contribution in [1.82, 2.24) is 20.4 Å². The minimum absolute atomic E-state index is 0.317. The van der Waals surface area contributed by atoms with Crippen LogP contribution in [0.2, 0.25) is 0 Å². The second-order valence-electron chi connectivity index (χ2n) is 8.03. The molecule has 0 heterocycles. The van der Waals surface area contributed by atoms with Crippen LogP contribution in [0.1, 0.15) is 45.7 Å². The Labute approximate surface area is 176 Å². The monoisotopic (exact) mass is 405 g/mol. The summed E-state index contributed by atoms with van der Waals surface area (Å²) in [6.07, 6.45) is -0.317. The SMILES string of the molecule is CCN(CC)CCNC(=NC)NCc1ccc(CN(C)C(=O)OC(C)(C)C)cc1. The Morgan fingerprint density at radius 3 is 2.17 bits per heavy atom. The first kappa shape index (κ1) is 24.8. The highest BCUT2D eigenvalue weighted by Gasteiger charge is 2.19. The summed E-state index contributed by atoms with van der Waals surface area (Å²) in [6, 6.07) is 8.20. The third-order valence-corrected chi connectivity index (χ3v) is 4.45. The molecule has 1 aromatic rings. The molecule has 0 fully saturated rings. The number of guanidine groups is 1. The summed E-state index contributed by atoms with van der Waals surface area (Å²) in [5.74, 6) is 0.797. The van der Waals surface area contributed by atoms with Crippen molar-refractivity contribution in [3.8, 4) is 0 Å². The molecule has 0 unspecified atom stereocenters. The van der Waals surface area contributed by atoms with E-state index in [1.54, 1.807) is 19.0 Å². The van der Waals surface area contributed by atoms with E-state index < -0.39 is 5.60 Å². The van der Waals surface area contributed by atoms with E-state index in [9.17, 15) is 4.79 Å². The van der Waals surface area contributed by atoms with E-state index in [-0.39, 0.29) is 6.09 Å². The highest BCUT2D eigenvalue weighted by atomic mass is 16.6. The van der Waals surface area contributed by atoms with Crippen LogP contribution in [-0.2, 0) is 17.8 Å². The van der Waals surface area contributed by atoms with Gasteiger partial charge < -0.3 is 25.2 Å². The van der Waals surface area contributed by atoms with Gasteiger partial charge in [-0.2, -0.15) is 0 Å². The zero-order valence-corrected chi connectivity index (χ0v) is 19.2. The number of nitrogens with zero attached hydrogens (tertiary/aromatic N) is 3. The molecule has 0 radical (unpaired) electrons. The van der Waals surface area contributed by atoms with Gasteiger partial charge in [-0.15, -0.1) is 0 Å². The Balaban J connectivity index is 2.46. The Hall–Kier alpha value is -2.28. The second kappa shape index (κ2) is 12.3. The van der Waals surface area contributed by atoms with Gasteiger partial charge >= 0.3 is 6.09 Å². The molecule has 0 bridgehead atoms. The predicted molar refractivity (Wildman–Crippen MR) is 120 cm³/mol. The number of likely N-dealkylation sites (N-methyl/N-ethyl adjacent to an activating group) is 1. The molecule has 0 aliphatic carbocycles. The molecule has 164 valence electrons. The van der Waals surface area contributed by atoms with E-state index >= 15 is 0 Å². The molecular weight excluding hydrogens is 366 g/mol. The fourth-order valence-corrected chi connectivity index (χ4v) is 2.72. The van der Waals surface area contributed by atoms with Crippen molar-refractivity contribution in [3.63, 3.8) is 0 Å². The molecule has 0 saturated carbocycles. The van der Waals surface area contributed by atoms with Crippen molar-refractivity contribution < 1.29 is 9.53 Å². The molecule has 29 heavy (non-hydrogen) atoms. The van der Waals surface area contributed by atoms with Gasteiger partial charge in [-0.25, -0.2) is 4.79 Å². The van der Waals surface area contributed by atoms with Crippen LogP contribution in [0, 0.1) is 0 Å². The normalized spacial score (nSPS) is 12.1. The standard InChI is InChI=1S/C22H39N5O2/c1-8-27(9-2)15-14-24-20(23-6)25-16-18-10-12-19(13-11-18)17-26(7)21(28)29-22(3,4)5/h10-13H,8-9,14-17H2,1-7H3,(H2,23,24,25). The maximum atomic E-state index is 12.1. The molecule has 1 aromatic carbocycles. The van der Waals surface area contributed by atoms with Crippen LogP contribution >= 0.6 is 0 Å². The van der Waals surface area contributed by atoms with E-state index in [0.29, 0.717) is 13.1 Å². The van der Waals surface area contributed by atoms with Crippen molar-refractivity contribution in [3.05, 3.63) is 35.4 Å². The summed E-state index contributed by atoms with van der Waals surface area (Å²) in [5, 5.41) is 6.68. The molecule has 7 heteroatoms. The number of hydrogen-bond donors (Lipinski definition) is 2. The Morgan fingerprint density at radius 2 is 1.66 bits per heavy atom. The van der Waals surface area contributed by atoms with Gasteiger partial charge in [0.25, 0.3) is 0 Å². The largest absolute Gasteiger partial charge is 0.444 e. The minimum atomic E-state index is -0.487. The topological polar surface area (TPSA) is 69.2 Å². The lowest BCUT2D eigenvalue weighted by atomic mass is 10.1. The van der Waals surface area contributed by atoms with Gasteiger partial charge in [0, 0.05) is 40.3 Å².